The summed E-state index contributed by atoms with van der Waals surface area (Å²) >= 11 is 0. The average molecular weight is 208 g/mol. The molecule has 1 amide bonds. The van der Waals surface area contributed by atoms with Gasteiger partial charge in [0.1, 0.15) is 0 Å². The molecule has 0 aromatic rings. The van der Waals surface area contributed by atoms with Gasteiger partial charge in [-0.3, -0.25) is 4.79 Å². The first-order valence-electron chi connectivity index (χ1n) is 5.95. The highest BCUT2D eigenvalue weighted by Gasteiger charge is 2.21. The summed E-state index contributed by atoms with van der Waals surface area (Å²) in [7, 11) is 0. The molecule has 1 N–H and O–H groups in total. The van der Waals surface area contributed by atoms with Crippen molar-refractivity contribution in [3.63, 3.8) is 0 Å². The molecule has 0 unspecified atom stereocenters. The Labute approximate surface area is 91.9 Å². The van der Waals surface area contributed by atoms with Crippen molar-refractivity contribution in [2.45, 2.75) is 57.9 Å². The second-order valence-electron chi connectivity index (χ2n) is 4.35. The van der Waals surface area contributed by atoms with Crippen LogP contribution in [0.15, 0.2) is 0 Å². The molecule has 0 spiro atoms. The molecular formula is C12H20N2O. The maximum absolute atomic E-state index is 11.4. The van der Waals surface area contributed by atoms with Crippen LogP contribution < -0.4 is 5.32 Å². The number of unbranched alkanes of at least 4 members (excludes halogenated alkanes) is 1. The van der Waals surface area contributed by atoms with Crippen molar-refractivity contribution in [2.75, 3.05) is 0 Å². The van der Waals surface area contributed by atoms with Crippen molar-refractivity contribution in [3.8, 4) is 6.07 Å². The van der Waals surface area contributed by atoms with Gasteiger partial charge in [-0.25, -0.2) is 0 Å². The monoisotopic (exact) mass is 208 g/mol. The number of carbonyl (C=O) groups is 1. The highest BCUT2D eigenvalue weighted by Crippen LogP contribution is 2.23. The predicted molar refractivity (Wildman–Crippen MR) is 59.0 cm³/mol. The van der Waals surface area contributed by atoms with Crippen LogP contribution in [-0.4, -0.2) is 11.9 Å². The second kappa shape index (κ2) is 6.44. The maximum atomic E-state index is 11.4. The van der Waals surface area contributed by atoms with E-state index in [0.29, 0.717) is 12.5 Å². The standard InChI is InChI=1S/C12H20N2O/c1-2-3-4-12(15)14-11-7-5-10(9-13)6-8-11/h10-11H,2-8H2,1H3,(H,14,15). The Morgan fingerprint density at radius 1 is 1.40 bits per heavy atom. The van der Waals surface area contributed by atoms with Gasteiger partial charge in [0.2, 0.25) is 5.91 Å². The Kier molecular flexibility index (Phi) is 5.17. The molecule has 0 aliphatic heterocycles. The van der Waals surface area contributed by atoms with E-state index >= 15 is 0 Å². The summed E-state index contributed by atoms with van der Waals surface area (Å²) in [4.78, 5) is 11.4. The summed E-state index contributed by atoms with van der Waals surface area (Å²) in [5.74, 6) is 0.394. The first-order chi connectivity index (χ1) is 7.26. The second-order valence-corrected chi connectivity index (χ2v) is 4.35. The number of nitrogens with zero attached hydrogens (tertiary/aromatic N) is 1. The number of nitrogens with one attached hydrogen (secondary N) is 1. The van der Waals surface area contributed by atoms with Crippen molar-refractivity contribution in [3.05, 3.63) is 0 Å². The van der Waals surface area contributed by atoms with Crippen LogP contribution in [0.4, 0.5) is 0 Å². The Morgan fingerprint density at radius 3 is 2.60 bits per heavy atom. The van der Waals surface area contributed by atoms with Gasteiger partial charge in [0, 0.05) is 18.4 Å². The maximum Gasteiger partial charge on any atom is 0.220 e. The van der Waals surface area contributed by atoms with E-state index < -0.39 is 0 Å². The average Bonchev–Trinajstić information content (AvgIpc) is 2.27. The van der Waals surface area contributed by atoms with Gasteiger partial charge in [-0.1, -0.05) is 13.3 Å². The zero-order valence-corrected chi connectivity index (χ0v) is 9.46. The van der Waals surface area contributed by atoms with E-state index in [-0.39, 0.29) is 11.8 Å². The number of amides is 1. The largest absolute Gasteiger partial charge is 0.353 e. The third kappa shape index (κ3) is 4.33. The van der Waals surface area contributed by atoms with Gasteiger partial charge in [0.15, 0.2) is 0 Å². The van der Waals surface area contributed by atoms with E-state index in [1.54, 1.807) is 0 Å². The van der Waals surface area contributed by atoms with Crippen LogP contribution in [0, 0.1) is 17.2 Å². The zero-order chi connectivity index (χ0) is 11.1. The van der Waals surface area contributed by atoms with Crippen LogP contribution >= 0.6 is 0 Å². The molecule has 0 bridgehead atoms. The molecule has 1 aliphatic rings. The van der Waals surface area contributed by atoms with Crippen LogP contribution in [0.25, 0.3) is 0 Å². The summed E-state index contributed by atoms with van der Waals surface area (Å²) in [6.45, 7) is 2.09. The molecule has 0 radical (unpaired) electrons. The van der Waals surface area contributed by atoms with Gasteiger partial charge < -0.3 is 5.32 Å². The van der Waals surface area contributed by atoms with Gasteiger partial charge in [0.05, 0.1) is 6.07 Å². The SMILES string of the molecule is CCCCC(=O)NC1CCC(C#N)CC1. The van der Waals surface area contributed by atoms with Crippen LogP contribution in [0.2, 0.25) is 0 Å². The summed E-state index contributed by atoms with van der Waals surface area (Å²) in [6, 6.07) is 2.62. The molecule has 1 rings (SSSR count). The predicted octanol–water partition coefficient (Wildman–Crippen LogP) is 2.38. The first kappa shape index (κ1) is 12.0. The summed E-state index contributed by atoms with van der Waals surface area (Å²) < 4.78 is 0. The molecule has 1 fully saturated rings. The van der Waals surface area contributed by atoms with Crippen molar-refractivity contribution < 1.29 is 4.79 Å². The van der Waals surface area contributed by atoms with Crippen LogP contribution in [-0.2, 0) is 4.79 Å². The molecule has 1 saturated carbocycles. The van der Waals surface area contributed by atoms with E-state index in [0.717, 1.165) is 38.5 Å². The lowest BCUT2D eigenvalue weighted by atomic mass is 9.87. The smallest absolute Gasteiger partial charge is 0.220 e. The molecule has 0 aromatic carbocycles. The Hall–Kier alpha value is -1.04. The molecule has 1 aliphatic carbocycles. The van der Waals surface area contributed by atoms with Crippen molar-refractivity contribution in [1.29, 1.82) is 5.26 Å². The molecule has 0 saturated heterocycles. The molecule has 15 heavy (non-hydrogen) atoms. The summed E-state index contributed by atoms with van der Waals surface area (Å²) in [5.41, 5.74) is 0. The zero-order valence-electron chi connectivity index (χ0n) is 9.46. The van der Waals surface area contributed by atoms with E-state index in [4.69, 9.17) is 5.26 Å². The third-order valence-corrected chi connectivity index (χ3v) is 3.03. The lowest BCUT2D eigenvalue weighted by molar-refractivity contribution is -0.122. The molecule has 3 nitrogen and oxygen atoms in total. The van der Waals surface area contributed by atoms with E-state index in [2.05, 4.69) is 18.3 Å². The van der Waals surface area contributed by atoms with Crippen molar-refractivity contribution in [2.24, 2.45) is 5.92 Å². The van der Waals surface area contributed by atoms with Gasteiger partial charge in [-0.2, -0.15) is 5.26 Å². The van der Waals surface area contributed by atoms with Crippen molar-refractivity contribution >= 4 is 5.91 Å². The molecule has 0 aromatic heterocycles. The summed E-state index contributed by atoms with van der Waals surface area (Å²) in [5, 5.41) is 11.8. The van der Waals surface area contributed by atoms with Crippen LogP contribution in [0.1, 0.15) is 51.9 Å². The number of hydrogen-bond donors (Lipinski definition) is 1. The lowest BCUT2D eigenvalue weighted by Gasteiger charge is -2.25. The minimum Gasteiger partial charge on any atom is -0.353 e. The number of hydrogen-bond acceptors (Lipinski definition) is 2. The molecule has 0 atom stereocenters. The Bertz CT molecular complexity index is 236. The minimum absolute atomic E-state index is 0.178. The third-order valence-electron chi connectivity index (χ3n) is 3.03. The molecule has 0 heterocycles. The number of rotatable bonds is 4. The Morgan fingerprint density at radius 2 is 2.07 bits per heavy atom. The van der Waals surface area contributed by atoms with Crippen LogP contribution in [0.5, 0.6) is 0 Å². The minimum atomic E-state index is 0.178. The molecular weight excluding hydrogens is 188 g/mol. The molecule has 84 valence electrons. The van der Waals surface area contributed by atoms with Gasteiger partial charge in [0.25, 0.3) is 0 Å². The fourth-order valence-electron chi connectivity index (χ4n) is 2.00. The topological polar surface area (TPSA) is 52.9 Å². The van der Waals surface area contributed by atoms with Crippen molar-refractivity contribution in [1.82, 2.24) is 5.32 Å². The van der Waals surface area contributed by atoms with Gasteiger partial charge in [-0.15, -0.1) is 0 Å². The fraction of sp³-hybridized carbons (Fsp3) is 0.833. The number of nitriles is 1. The van der Waals surface area contributed by atoms with Gasteiger partial charge in [-0.05, 0) is 32.1 Å². The quantitative estimate of drug-likeness (QED) is 0.771. The van der Waals surface area contributed by atoms with Crippen LogP contribution in [0.3, 0.4) is 0 Å². The lowest BCUT2D eigenvalue weighted by Crippen LogP contribution is -2.37. The fourth-order valence-corrected chi connectivity index (χ4v) is 2.00. The normalized spacial score (nSPS) is 25.6. The van der Waals surface area contributed by atoms with E-state index in [9.17, 15) is 4.79 Å². The summed E-state index contributed by atoms with van der Waals surface area (Å²) in [6.07, 6.45) is 6.50. The van der Waals surface area contributed by atoms with Gasteiger partial charge >= 0.3 is 0 Å². The highest BCUT2D eigenvalue weighted by molar-refractivity contribution is 5.76. The Balaban J connectivity index is 2.18. The molecule has 3 heteroatoms. The first-order valence-corrected chi connectivity index (χ1v) is 5.95. The highest BCUT2D eigenvalue weighted by atomic mass is 16.1. The van der Waals surface area contributed by atoms with E-state index in [1.807, 2.05) is 0 Å². The van der Waals surface area contributed by atoms with E-state index in [1.165, 1.54) is 0 Å². The number of carbonyl (C=O) groups excluding carboxylic acids is 1.